The Morgan fingerprint density at radius 2 is 2.17 bits per heavy atom. The molecule has 1 heterocycles. The van der Waals surface area contributed by atoms with E-state index in [9.17, 15) is 12.8 Å². The molecule has 0 aliphatic rings. The number of aromatic nitrogens is 2. The van der Waals surface area contributed by atoms with E-state index in [1.54, 1.807) is 6.20 Å². The van der Waals surface area contributed by atoms with Gasteiger partial charge in [-0.3, -0.25) is 5.10 Å². The van der Waals surface area contributed by atoms with E-state index < -0.39 is 15.7 Å². The zero-order valence-electron chi connectivity index (χ0n) is 9.64. The quantitative estimate of drug-likeness (QED) is 0.872. The van der Waals surface area contributed by atoms with Crippen molar-refractivity contribution in [2.45, 2.75) is 11.4 Å². The Labute approximate surface area is 104 Å². The number of H-pyrrole nitrogens is 1. The maximum absolute atomic E-state index is 13.7. The summed E-state index contributed by atoms with van der Waals surface area (Å²) in [7, 11) is -3.56. The van der Waals surface area contributed by atoms with Gasteiger partial charge < -0.3 is 5.73 Å². The number of hydrogen-bond donors (Lipinski definition) is 2. The number of benzene rings is 1. The summed E-state index contributed by atoms with van der Waals surface area (Å²) in [5, 5.41) is 6.54. The maximum Gasteiger partial charge on any atom is 0.178 e. The van der Waals surface area contributed by atoms with Crippen molar-refractivity contribution in [3.05, 3.63) is 35.8 Å². The summed E-state index contributed by atoms with van der Waals surface area (Å²) in [6.07, 6.45) is 2.52. The van der Waals surface area contributed by atoms with Gasteiger partial charge in [-0.25, -0.2) is 12.8 Å². The van der Waals surface area contributed by atoms with E-state index in [4.69, 9.17) is 5.73 Å². The van der Waals surface area contributed by atoms with Crippen LogP contribution in [0.15, 0.2) is 29.3 Å². The van der Waals surface area contributed by atoms with E-state index in [1.807, 2.05) is 0 Å². The molecule has 0 aliphatic heterocycles. The number of sulfone groups is 1. The highest BCUT2D eigenvalue weighted by Crippen LogP contribution is 2.24. The van der Waals surface area contributed by atoms with E-state index in [-0.39, 0.29) is 11.4 Å². The van der Waals surface area contributed by atoms with E-state index in [0.29, 0.717) is 11.3 Å². The number of nitrogens with two attached hydrogens (primary N) is 1. The molecule has 2 rings (SSSR count). The fraction of sp³-hybridized carbons (Fsp3) is 0.182. The molecule has 0 amide bonds. The van der Waals surface area contributed by atoms with Gasteiger partial charge in [0.25, 0.3) is 0 Å². The van der Waals surface area contributed by atoms with Gasteiger partial charge in [0.05, 0.1) is 11.9 Å². The summed E-state index contributed by atoms with van der Waals surface area (Å²) in [5.74, 6) is -0.785. The van der Waals surface area contributed by atoms with Crippen molar-refractivity contribution in [1.82, 2.24) is 10.2 Å². The topological polar surface area (TPSA) is 88.8 Å². The lowest BCUT2D eigenvalue weighted by atomic mass is 10.1. The molecule has 3 N–H and O–H groups in total. The van der Waals surface area contributed by atoms with Gasteiger partial charge in [0, 0.05) is 23.9 Å². The molecular weight excluding hydrogens is 257 g/mol. The number of aromatic amines is 1. The van der Waals surface area contributed by atoms with Crippen LogP contribution < -0.4 is 5.73 Å². The Morgan fingerprint density at radius 1 is 1.44 bits per heavy atom. The molecule has 2 aromatic rings. The molecule has 5 nitrogen and oxygen atoms in total. The highest BCUT2D eigenvalue weighted by molar-refractivity contribution is 7.90. The predicted octanol–water partition coefficient (Wildman–Crippen LogP) is 1.08. The van der Waals surface area contributed by atoms with Crippen molar-refractivity contribution in [3.8, 4) is 11.3 Å². The first-order valence-corrected chi connectivity index (χ1v) is 7.05. The van der Waals surface area contributed by atoms with Crippen molar-refractivity contribution in [2.75, 3.05) is 6.26 Å². The van der Waals surface area contributed by atoms with E-state index in [2.05, 4.69) is 10.2 Å². The molecule has 7 heteroatoms. The fourth-order valence-corrected chi connectivity index (χ4v) is 2.40. The van der Waals surface area contributed by atoms with Crippen LogP contribution in [0.4, 0.5) is 4.39 Å². The van der Waals surface area contributed by atoms with Gasteiger partial charge in [0.1, 0.15) is 10.7 Å². The van der Waals surface area contributed by atoms with Crippen LogP contribution >= 0.6 is 0 Å². The smallest absolute Gasteiger partial charge is 0.178 e. The van der Waals surface area contributed by atoms with Crippen LogP contribution in [0.5, 0.6) is 0 Å². The van der Waals surface area contributed by atoms with Crippen LogP contribution in [0.1, 0.15) is 5.56 Å². The number of nitrogens with one attached hydrogen (secondary N) is 1. The monoisotopic (exact) mass is 269 g/mol. The summed E-state index contributed by atoms with van der Waals surface area (Å²) in [6.45, 7) is 0.265. The van der Waals surface area contributed by atoms with Crippen molar-refractivity contribution in [1.29, 1.82) is 0 Å². The minimum absolute atomic E-state index is 0.265. The third kappa shape index (κ3) is 2.27. The van der Waals surface area contributed by atoms with Crippen molar-refractivity contribution in [3.63, 3.8) is 0 Å². The molecule has 18 heavy (non-hydrogen) atoms. The fourth-order valence-electron chi connectivity index (χ4n) is 1.67. The third-order valence-corrected chi connectivity index (χ3v) is 3.69. The second kappa shape index (κ2) is 4.51. The van der Waals surface area contributed by atoms with Gasteiger partial charge in [-0.05, 0) is 12.1 Å². The second-order valence-electron chi connectivity index (χ2n) is 3.89. The Kier molecular flexibility index (Phi) is 3.18. The Balaban J connectivity index is 2.54. The first kappa shape index (κ1) is 12.7. The highest BCUT2D eigenvalue weighted by Gasteiger charge is 2.15. The maximum atomic E-state index is 13.7. The van der Waals surface area contributed by atoms with Crippen molar-refractivity contribution >= 4 is 9.84 Å². The molecule has 0 radical (unpaired) electrons. The molecule has 0 atom stereocenters. The summed E-state index contributed by atoms with van der Waals surface area (Å²) in [5.41, 5.74) is 7.36. The van der Waals surface area contributed by atoms with Crippen LogP contribution in [0.3, 0.4) is 0 Å². The SMILES string of the molecule is CS(=O)(=O)c1ccc(-c2[nH]ncc2CN)cc1F. The van der Waals surface area contributed by atoms with Crippen molar-refractivity contribution < 1.29 is 12.8 Å². The van der Waals surface area contributed by atoms with Crippen LogP contribution in [0, 0.1) is 5.82 Å². The summed E-state index contributed by atoms with van der Waals surface area (Å²) < 4.78 is 36.3. The lowest BCUT2D eigenvalue weighted by molar-refractivity contribution is 0.571. The zero-order valence-corrected chi connectivity index (χ0v) is 10.5. The molecule has 0 aliphatic carbocycles. The molecule has 0 saturated carbocycles. The second-order valence-corrected chi connectivity index (χ2v) is 5.88. The summed E-state index contributed by atoms with van der Waals surface area (Å²) >= 11 is 0. The van der Waals surface area contributed by atoms with Gasteiger partial charge in [0.2, 0.25) is 0 Å². The first-order chi connectivity index (χ1) is 8.43. The molecule has 0 spiro atoms. The Hall–Kier alpha value is -1.73. The van der Waals surface area contributed by atoms with Gasteiger partial charge >= 0.3 is 0 Å². The average molecular weight is 269 g/mol. The highest BCUT2D eigenvalue weighted by atomic mass is 32.2. The zero-order chi connectivity index (χ0) is 13.3. The number of halogens is 1. The van der Waals surface area contributed by atoms with E-state index in [1.165, 1.54) is 12.1 Å². The van der Waals surface area contributed by atoms with E-state index in [0.717, 1.165) is 17.9 Å². The molecule has 96 valence electrons. The van der Waals surface area contributed by atoms with Gasteiger partial charge in [0.15, 0.2) is 9.84 Å². The molecular formula is C11H12FN3O2S. The van der Waals surface area contributed by atoms with Crippen LogP contribution in [-0.2, 0) is 16.4 Å². The van der Waals surface area contributed by atoms with E-state index >= 15 is 0 Å². The summed E-state index contributed by atoms with van der Waals surface area (Å²) in [6, 6.07) is 3.91. The molecule has 1 aromatic heterocycles. The minimum Gasteiger partial charge on any atom is -0.326 e. The van der Waals surface area contributed by atoms with Crippen LogP contribution in [0.25, 0.3) is 11.3 Å². The minimum atomic E-state index is -3.56. The third-order valence-electron chi connectivity index (χ3n) is 2.56. The predicted molar refractivity (Wildman–Crippen MR) is 65.0 cm³/mol. The number of nitrogens with zero attached hydrogens (tertiary/aromatic N) is 1. The Morgan fingerprint density at radius 3 is 2.72 bits per heavy atom. The lowest BCUT2D eigenvalue weighted by Crippen LogP contribution is -2.01. The van der Waals surface area contributed by atoms with Crippen molar-refractivity contribution in [2.24, 2.45) is 5.73 Å². The summed E-state index contributed by atoms with van der Waals surface area (Å²) in [4.78, 5) is -0.319. The molecule has 0 bridgehead atoms. The standard InChI is InChI=1S/C11H12FN3O2S/c1-18(16,17)10-3-2-7(4-9(10)12)11-8(5-13)6-14-15-11/h2-4,6H,5,13H2,1H3,(H,14,15). The number of hydrogen-bond acceptors (Lipinski definition) is 4. The van der Waals surface area contributed by atoms with Gasteiger partial charge in [-0.1, -0.05) is 6.07 Å². The van der Waals surface area contributed by atoms with Crippen LogP contribution in [-0.4, -0.2) is 24.9 Å². The molecule has 0 fully saturated rings. The molecule has 1 aromatic carbocycles. The normalized spacial score (nSPS) is 11.7. The van der Waals surface area contributed by atoms with Gasteiger partial charge in [-0.15, -0.1) is 0 Å². The average Bonchev–Trinajstić information content (AvgIpc) is 2.74. The molecule has 0 unspecified atom stereocenters. The Bertz CT molecular complexity index is 679. The number of rotatable bonds is 3. The van der Waals surface area contributed by atoms with Gasteiger partial charge in [-0.2, -0.15) is 5.10 Å². The molecule has 0 saturated heterocycles. The largest absolute Gasteiger partial charge is 0.326 e. The first-order valence-electron chi connectivity index (χ1n) is 5.16. The van der Waals surface area contributed by atoms with Crippen LogP contribution in [0.2, 0.25) is 0 Å². The lowest BCUT2D eigenvalue weighted by Gasteiger charge is -2.05.